The number of esters is 1. The number of carbonyl (C=O) groups is 3. The number of amides is 1. The Labute approximate surface area is 343 Å². The minimum atomic E-state index is -0.884. The first-order chi connectivity index (χ1) is 26.7. The first kappa shape index (κ1) is 42.3. The molecule has 1 heterocycles. The molecule has 2 N–H and O–H groups in total. The van der Waals surface area contributed by atoms with Crippen molar-refractivity contribution in [1.29, 1.82) is 0 Å². The van der Waals surface area contributed by atoms with E-state index in [0.717, 1.165) is 70.4 Å². The molecule has 8 heteroatoms. The zero-order valence-electron chi connectivity index (χ0n) is 36.6. The van der Waals surface area contributed by atoms with E-state index in [2.05, 4.69) is 82.6 Å². The number of nitrogens with one attached hydrogen (secondary N) is 1. The van der Waals surface area contributed by atoms with Crippen molar-refractivity contribution in [2.75, 3.05) is 31.2 Å². The van der Waals surface area contributed by atoms with E-state index in [0.29, 0.717) is 42.6 Å². The number of hydrogen-bond acceptors (Lipinski definition) is 6. The van der Waals surface area contributed by atoms with Crippen LogP contribution in [0, 0.1) is 62.1 Å². The van der Waals surface area contributed by atoms with Crippen molar-refractivity contribution >= 4 is 23.5 Å². The zero-order chi connectivity index (χ0) is 41.2. The maximum Gasteiger partial charge on any atom is 0.306 e. The van der Waals surface area contributed by atoms with Crippen molar-refractivity contribution in [2.24, 2.45) is 62.1 Å². The van der Waals surface area contributed by atoms with Crippen molar-refractivity contribution in [3.8, 4) is 0 Å². The second-order valence-electron chi connectivity index (χ2n) is 22.0. The number of hydrogen-bond donors (Lipinski definition) is 2. The SMILES string of the molecule is C=C(C)[C@@H]1CC[C@]2(CC(=O)NCc3ccc(N4CCOCC4)cc3)CC[C@]3(C)[C@H](CC[C@@H]4[C@@]5(C)CC[C@H](OC(=O)CC(C)(C)CC(=O)O)C(C)(C)[C@@H]5CC[C@]43C)[C@@H]12. The molecule has 6 fully saturated rings. The standard InChI is InChI=1S/C49H74N2O6/c1-32(2)35-16-21-49(28-40(52)50-31-33-10-12-34(13-11-33)51-24-26-56-27-25-51)23-22-47(8)36(43(35)49)14-15-38-46(7)19-18-39(45(5,6)37(46)17-20-48(38,47)9)57-42(55)30-44(3,4)29-41(53)54/h10-13,35-39,43H,1,14-31H2,2-9H3,(H,50,52)(H,53,54)/t35-,36+,37-,38+,39-,43+,46-,47+,48+,49+/m0/s1. The molecule has 0 bridgehead atoms. The summed E-state index contributed by atoms with van der Waals surface area (Å²) < 4.78 is 11.8. The number of carbonyl (C=O) groups excluding carboxylic acids is 2. The minimum Gasteiger partial charge on any atom is -0.481 e. The van der Waals surface area contributed by atoms with E-state index in [4.69, 9.17) is 9.47 Å². The molecule has 7 rings (SSSR count). The van der Waals surface area contributed by atoms with Crippen LogP contribution in [0.25, 0.3) is 0 Å². The molecule has 6 aliphatic rings. The largest absolute Gasteiger partial charge is 0.481 e. The van der Waals surface area contributed by atoms with Gasteiger partial charge in [-0.3, -0.25) is 14.4 Å². The average Bonchev–Trinajstić information content (AvgIpc) is 3.51. The molecule has 316 valence electrons. The molecule has 57 heavy (non-hydrogen) atoms. The van der Waals surface area contributed by atoms with Gasteiger partial charge in [0.05, 0.1) is 26.1 Å². The lowest BCUT2D eigenvalue weighted by atomic mass is 9.32. The third kappa shape index (κ3) is 7.50. The molecule has 10 atom stereocenters. The summed E-state index contributed by atoms with van der Waals surface area (Å²) in [5.74, 6) is 1.59. The van der Waals surface area contributed by atoms with Crippen LogP contribution in [0.2, 0.25) is 0 Å². The van der Waals surface area contributed by atoms with Crippen molar-refractivity contribution in [3.63, 3.8) is 0 Å². The lowest BCUT2D eigenvalue weighted by Crippen LogP contribution is -2.67. The zero-order valence-corrected chi connectivity index (χ0v) is 36.6. The van der Waals surface area contributed by atoms with E-state index in [1.165, 1.54) is 36.9 Å². The number of anilines is 1. The number of allylic oxidation sites excluding steroid dienone is 1. The fraction of sp³-hybridized carbons (Fsp3) is 0.776. The van der Waals surface area contributed by atoms with Crippen LogP contribution in [0.3, 0.4) is 0 Å². The summed E-state index contributed by atoms with van der Waals surface area (Å²) in [5, 5.41) is 12.7. The van der Waals surface area contributed by atoms with Crippen LogP contribution >= 0.6 is 0 Å². The number of aliphatic carboxylic acids is 1. The summed E-state index contributed by atoms with van der Waals surface area (Å²) in [6, 6.07) is 8.67. The number of ether oxygens (including phenoxy) is 2. The van der Waals surface area contributed by atoms with E-state index >= 15 is 0 Å². The van der Waals surface area contributed by atoms with Gasteiger partial charge in [-0.2, -0.15) is 0 Å². The summed E-state index contributed by atoms with van der Waals surface area (Å²) >= 11 is 0. The van der Waals surface area contributed by atoms with Crippen LogP contribution in [-0.4, -0.2) is 55.4 Å². The number of carboxylic acid groups (broad SMARTS) is 1. The van der Waals surface area contributed by atoms with E-state index < -0.39 is 11.4 Å². The number of nitrogens with zero attached hydrogens (tertiary/aromatic N) is 1. The van der Waals surface area contributed by atoms with Gasteiger partial charge in [0, 0.05) is 37.2 Å². The van der Waals surface area contributed by atoms with E-state index in [-0.39, 0.29) is 57.9 Å². The van der Waals surface area contributed by atoms with Gasteiger partial charge in [-0.25, -0.2) is 0 Å². The quantitative estimate of drug-likeness (QED) is 0.170. The summed E-state index contributed by atoms with van der Waals surface area (Å²) in [6.07, 6.45) is 11.7. The molecule has 0 unspecified atom stereocenters. The molecule has 8 nitrogen and oxygen atoms in total. The topological polar surface area (TPSA) is 105 Å². The highest BCUT2D eigenvalue weighted by molar-refractivity contribution is 5.77. The minimum absolute atomic E-state index is 0.0192. The van der Waals surface area contributed by atoms with Gasteiger partial charge in [-0.15, -0.1) is 0 Å². The van der Waals surface area contributed by atoms with Gasteiger partial charge in [-0.05, 0) is 145 Å². The van der Waals surface area contributed by atoms with Gasteiger partial charge in [0.2, 0.25) is 5.91 Å². The molecule has 0 spiro atoms. The number of rotatable bonds is 11. The first-order valence-corrected chi connectivity index (χ1v) is 22.5. The molecule has 5 saturated carbocycles. The molecule has 5 aliphatic carbocycles. The lowest BCUT2D eigenvalue weighted by molar-refractivity contribution is -0.250. The Morgan fingerprint density at radius 1 is 0.877 bits per heavy atom. The molecule has 0 aromatic heterocycles. The predicted molar refractivity (Wildman–Crippen MR) is 225 cm³/mol. The number of morpholine rings is 1. The maximum absolute atomic E-state index is 14.0. The second kappa shape index (κ2) is 15.3. The Morgan fingerprint density at radius 2 is 1.58 bits per heavy atom. The van der Waals surface area contributed by atoms with Crippen LogP contribution < -0.4 is 10.2 Å². The third-order valence-electron chi connectivity index (χ3n) is 18.0. The van der Waals surface area contributed by atoms with Crippen LogP contribution in [-0.2, 0) is 30.4 Å². The highest BCUT2D eigenvalue weighted by Crippen LogP contribution is 2.78. The average molecular weight is 787 g/mol. The van der Waals surface area contributed by atoms with Crippen molar-refractivity contribution < 1.29 is 29.0 Å². The molecule has 1 saturated heterocycles. The van der Waals surface area contributed by atoms with Crippen LogP contribution in [0.1, 0.15) is 144 Å². The monoisotopic (exact) mass is 787 g/mol. The molecular weight excluding hydrogens is 713 g/mol. The molecule has 1 amide bonds. The summed E-state index contributed by atoms with van der Waals surface area (Å²) in [6.45, 7) is 27.0. The Kier molecular flexibility index (Phi) is 11.3. The third-order valence-corrected chi connectivity index (χ3v) is 18.0. The predicted octanol–water partition coefficient (Wildman–Crippen LogP) is 9.99. The van der Waals surface area contributed by atoms with Crippen LogP contribution in [0.15, 0.2) is 36.4 Å². The van der Waals surface area contributed by atoms with Gasteiger partial charge in [0.25, 0.3) is 0 Å². The Balaban J connectivity index is 1.05. The fourth-order valence-electron chi connectivity index (χ4n) is 15.1. The van der Waals surface area contributed by atoms with Gasteiger partial charge >= 0.3 is 11.9 Å². The summed E-state index contributed by atoms with van der Waals surface area (Å²) in [4.78, 5) is 41.1. The highest BCUT2D eigenvalue weighted by atomic mass is 16.5. The lowest BCUT2D eigenvalue weighted by Gasteiger charge is -2.73. The van der Waals surface area contributed by atoms with E-state index in [1.54, 1.807) is 0 Å². The van der Waals surface area contributed by atoms with E-state index in [9.17, 15) is 19.5 Å². The second-order valence-corrected chi connectivity index (χ2v) is 22.0. The maximum atomic E-state index is 14.0. The molecule has 1 aliphatic heterocycles. The van der Waals surface area contributed by atoms with Gasteiger partial charge < -0.3 is 24.8 Å². The number of carboxylic acids is 1. The summed E-state index contributed by atoms with van der Waals surface area (Å²) in [5.41, 5.74) is 3.38. The number of fused-ring (bicyclic) bond motifs is 7. The first-order valence-electron chi connectivity index (χ1n) is 22.5. The smallest absolute Gasteiger partial charge is 0.306 e. The number of benzene rings is 1. The summed E-state index contributed by atoms with van der Waals surface area (Å²) in [7, 11) is 0. The Morgan fingerprint density at radius 3 is 2.25 bits per heavy atom. The Hall–Kier alpha value is -2.87. The van der Waals surface area contributed by atoms with Crippen LogP contribution in [0.4, 0.5) is 5.69 Å². The molecular formula is C49H74N2O6. The van der Waals surface area contributed by atoms with Gasteiger partial charge in [0.15, 0.2) is 0 Å². The van der Waals surface area contributed by atoms with Gasteiger partial charge in [0.1, 0.15) is 6.10 Å². The van der Waals surface area contributed by atoms with Crippen molar-refractivity contribution in [2.45, 2.75) is 152 Å². The molecule has 0 radical (unpaired) electrons. The highest BCUT2D eigenvalue weighted by Gasteiger charge is 2.71. The van der Waals surface area contributed by atoms with Crippen molar-refractivity contribution in [1.82, 2.24) is 5.32 Å². The van der Waals surface area contributed by atoms with Crippen LogP contribution in [0.5, 0.6) is 0 Å². The normalized spacial score (nSPS) is 38.5. The fourth-order valence-corrected chi connectivity index (χ4v) is 15.1. The van der Waals surface area contributed by atoms with Gasteiger partial charge in [-0.1, -0.05) is 72.8 Å². The van der Waals surface area contributed by atoms with E-state index in [1.807, 2.05) is 13.8 Å². The molecule has 1 aromatic carbocycles. The molecule has 1 aromatic rings. The Bertz CT molecular complexity index is 1700. The van der Waals surface area contributed by atoms with Crippen molar-refractivity contribution in [3.05, 3.63) is 42.0 Å².